The second-order valence-corrected chi connectivity index (χ2v) is 20.1. The van der Waals surface area contributed by atoms with Gasteiger partial charge in [-0.15, -0.1) is 0 Å². The van der Waals surface area contributed by atoms with Crippen molar-refractivity contribution in [3.05, 3.63) is 254 Å². The third-order valence-electron chi connectivity index (χ3n) is 15.5. The second-order valence-electron chi connectivity index (χ2n) is 20.1. The van der Waals surface area contributed by atoms with Crippen LogP contribution in [0.3, 0.4) is 0 Å². The lowest BCUT2D eigenvalue weighted by Gasteiger charge is -2.30. The molecule has 0 spiro atoms. The lowest BCUT2D eigenvalue weighted by molar-refractivity contribution is 0.619. The van der Waals surface area contributed by atoms with Crippen LogP contribution in [0.25, 0.3) is 99.3 Å². The Bertz CT molecular complexity index is 4230. The van der Waals surface area contributed by atoms with E-state index < -0.39 is 0 Å². The molecule has 0 bridgehead atoms. The summed E-state index contributed by atoms with van der Waals surface area (Å²) < 4.78 is 12.5. The molecule has 0 fully saturated rings. The van der Waals surface area contributed by atoms with Crippen LogP contribution < -0.4 is 9.80 Å². The van der Waals surface area contributed by atoms with Gasteiger partial charge in [-0.2, -0.15) is 0 Å². The van der Waals surface area contributed by atoms with Gasteiger partial charge in [-0.05, 0) is 164 Å². The normalized spacial score (nSPS) is 12.8. The first-order chi connectivity index (χ1) is 36.9. The van der Waals surface area contributed by atoms with Crippen LogP contribution in [0.2, 0.25) is 0 Å². The summed E-state index contributed by atoms with van der Waals surface area (Å²) in [6, 6.07) is 86.8. The molecule has 1 aliphatic rings. The van der Waals surface area contributed by atoms with Crippen LogP contribution in [-0.2, 0) is 5.41 Å². The zero-order valence-corrected chi connectivity index (χ0v) is 41.2. The molecule has 0 atom stereocenters. The maximum absolute atomic E-state index is 6.24. The van der Waals surface area contributed by atoms with E-state index in [-0.39, 0.29) is 5.41 Å². The van der Waals surface area contributed by atoms with Crippen LogP contribution in [0.15, 0.2) is 251 Å². The molecule has 14 aromatic rings. The summed E-state index contributed by atoms with van der Waals surface area (Å²) >= 11 is 0. The summed E-state index contributed by atoms with van der Waals surface area (Å²) in [4.78, 5) is 14.5. The Balaban J connectivity index is 0.873. The van der Waals surface area contributed by atoms with E-state index in [9.17, 15) is 0 Å². The minimum Gasteiger partial charge on any atom is -0.436 e. The number of nitrogens with zero attached hydrogens (tertiary/aromatic N) is 4. The molecule has 2 heterocycles. The molecule has 6 nitrogen and oxygen atoms in total. The molecule has 0 saturated carbocycles. The Kier molecular flexibility index (Phi) is 9.51. The van der Waals surface area contributed by atoms with Gasteiger partial charge in [0, 0.05) is 50.1 Å². The van der Waals surface area contributed by atoms with Gasteiger partial charge in [0.2, 0.25) is 11.8 Å². The molecule has 15 rings (SSSR count). The zero-order valence-electron chi connectivity index (χ0n) is 41.2. The van der Waals surface area contributed by atoms with Gasteiger partial charge in [0.15, 0.2) is 11.2 Å². The van der Waals surface area contributed by atoms with Crippen molar-refractivity contribution in [2.75, 3.05) is 9.80 Å². The first-order valence-electron chi connectivity index (χ1n) is 25.5. The van der Waals surface area contributed by atoms with E-state index in [0.717, 1.165) is 67.5 Å². The highest BCUT2D eigenvalue weighted by atomic mass is 16.4. The molecule has 0 radical (unpaired) electrons. The average molecular weight is 963 g/mol. The zero-order chi connectivity index (χ0) is 49.8. The van der Waals surface area contributed by atoms with Crippen molar-refractivity contribution in [3.63, 3.8) is 0 Å². The Labute approximate surface area is 433 Å². The smallest absolute Gasteiger partial charge is 0.227 e. The molecule has 354 valence electrons. The second kappa shape index (κ2) is 16.6. The van der Waals surface area contributed by atoms with Gasteiger partial charge in [-0.1, -0.05) is 147 Å². The van der Waals surface area contributed by atoms with E-state index in [1.165, 1.54) is 65.3 Å². The number of para-hydroxylation sites is 4. The minimum atomic E-state index is -0.363. The van der Waals surface area contributed by atoms with Crippen LogP contribution in [0.5, 0.6) is 0 Å². The van der Waals surface area contributed by atoms with E-state index in [1.54, 1.807) is 0 Å². The number of rotatable bonds is 8. The van der Waals surface area contributed by atoms with Crippen molar-refractivity contribution in [1.82, 2.24) is 9.97 Å². The highest BCUT2D eigenvalue weighted by molar-refractivity contribution is 6.16. The number of hydrogen-bond acceptors (Lipinski definition) is 6. The van der Waals surface area contributed by atoms with Crippen LogP contribution in [-0.4, -0.2) is 9.97 Å². The number of anilines is 6. The van der Waals surface area contributed by atoms with Crippen LogP contribution in [0.4, 0.5) is 34.1 Å². The van der Waals surface area contributed by atoms with Gasteiger partial charge in [-0.25, -0.2) is 9.97 Å². The maximum Gasteiger partial charge on any atom is 0.227 e. The van der Waals surface area contributed by atoms with Gasteiger partial charge in [0.1, 0.15) is 11.0 Å². The molecule has 0 amide bonds. The number of oxazole rings is 2. The monoisotopic (exact) mass is 962 g/mol. The van der Waals surface area contributed by atoms with Gasteiger partial charge in [0.25, 0.3) is 0 Å². The quantitative estimate of drug-likeness (QED) is 0.141. The van der Waals surface area contributed by atoms with E-state index in [1.807, 2.05) is 48.5 Å². The van der Waals surface area contributed by atoms with Crippen molar-refractivity contribution in [1.29, 1.82) is 0 Å². The lowest BCUT2D eigenvalue weighted by Crippen LogP contribution is -2.18. The summed E-state index contributed by atoms with van der Waals surface area (Å²) in [5.41, 5.74) is 16.2. The Hall–Kier alpha value is -9.78. The molecule has 6 heteroatoms. The highest BCUT2D eigenvalue weighted by Gasteiger charge is 2.37. The average Bonchev–Trinajstić information content (AvgIpc) is 4.18. The topological polar surface area (TPSA) is 58.5 Å². The molecule has 75 heavy (non-hydrogen) atoms. The van der Waals surface area contributed by atoms with Gasteiger partial charge in [0.05, 0.1) is 11.4 Å². The van der Waals surface area contributed by atoms with Gasteiger partial charge >= 0.3 is 0 Å². The number of hydrogen-bond donors (Lipinski definition) is 0. The first-order valence-corrected chi connectivity index (χ1v) is 25.5. The van der Waals surface area contributed by atoms with Crippen molar-refractivity contribution < 1.29 is 8.83 Å². The van der Waals surface area contributed by atoms with Crippen molar-refractivity contribution in [2.45, 2.75) is 19.3 Å². The molecule has 0 saturated heterocycles. The van der Waals surface area contributed by atoms with Crippen molar-refractivity contribution in [3.8, 4) is 34.0 Å². The van der Waals surface area contributed by atoms with E-state index >= 15 is 0 Å². The molecule has 1 aliphatic carbocycles. The Morgan fingerprint density at radius 1 is 0.333 bits per heavy atom. The fourth-order valence-electron chi connectivity index (χ4n) is 11.8. The first kappa shape index (κ1) is 42.9. The minimum absolute atomic E-state index is 0.363. The predicted molar refractivity (Wildman–Crippen MR) is 309 cm³/mol. The van der Waals surface area contributed by atoms with E-state index in [2.05, 4.69) is 218 Å². The van der Waals surface area contributed by atoms with Crippen LogP contribution in [0.1, 0.15) is 25.0 Å². The number of benzene rings is 12. The largest absolute Gasteiger partial charge is 0.436 e. The summed E-state index contributed by atoms with van der Waals surface area (Å²) in [6.45, 7) is 4.75. The van der Waals surface area contributed by atoms with Crippen molar-refractivity contribution >= 4 is 99.4 Å². The standard InChI is InChI=1S/C69H46N4O2/c1-69(2)59-41-49(72(63-39-45-15-3-5-17-51(45)53-19-7-9-21-57(53)63)47-31-27-43(28-32-47)67-70-61-23-11-13-25-65(61)74-67)35-37-55(59)56-38-36-50(42-60(56)69)73(64-40-46-16-4-6-18-52(46)54-20-8-10-22-58(54)64)48-33-29-44(30-34-48)68-71-62-24-12-14-26-66(62)75-68/h3-42H,1-2H3. The molecule has 12 aromatic carbocycles. The molecule has 0 aliphatic heterocycles. The molecular formula is C69H46N4O2. The molecule has 0 N–H and O–H groups in total. The SMILES string of the molecule is CC1(C)c2cc(N(c3ccc(-c4nc5ccccc5o4)cc3)c3cc4ccccc4c4ccccc34)ccc2-c2ccc(N(c3ccc(-c4nc5ccccc5o4)cc3)c3cc4ccccc4c4ccccc34)cc21. The fourth-order valence-corrected chi connectivity index (χ4v) is 11.8. The summed E-state index contributed by atoms with van der Waals surface area (Å²) in [6.07, 6.45) is 0. The fraction of sp³-hybridized carbons (Fsp3) is 0.0435. The van der Waals surface area contributed by atoms with E-state index in [0.29, 0.717) is 11.8 Å². The third kappa shape index (κ3) is 6.87. The van der Waals surface area contributed by atoms with Gasteiger partial charge < -0.3 is 18.6 Å². The Morgan fingerprint density at radius 2 is 0.693 bits per heavy atom. The van der Waals surface area contributed by atoms with Gasteiger partial charge in [-0.3, -0.25) is 0 Å². The summed E-state index contributed by atoms with van der Waals surface area (Å²) in [5.74, 6) is 1.21. The predicted octanol–water partition coefficient (Wildman–Crippen LogP) is 19.2. The Morgan fingerprint density at radius 3 is 1.12 bits per heavy atom. The summed E-state index contributed by atoms with van der Waals surface area (Å²) in [7, 11) is 0. The molecule has 0 unspecified atom stereocenters. The molecular weight excluding hydrogens is 917 g/mol. The summed E-state index contributed by atoms with van der Waals surface area (Å²) in [5, 5.41) is 9.61. The number of aromatic nitrogens is 2. The van der Waals surface area contributed by atoms with Crippen LogP contribution in [0, 0.1) is 0 Å². The number of fused-ring (bicyclic) bond motifs is 11. The molecule has 2 aromatic heterocycles. The maximum atomic E-state index is 6.24. The van der Waals surface area contributed by atoms with E-state index in [4.69, 9.17) is 18.8 Å². The highest BCUT2D eigenvalue weighted by Crippen LogP contribution is 2.54. The van der Waals surface area contributed by atoms with Crippen LogP contribution >= 0.6 is 0 Å². The third-order valence-corrected chi connectivity index (χ3v) is 15.5. The van der Waals surface area contributed by atoms with Crippen molar-refractivity contribution in [2.24, 2.45) is 0 Å². The lowest BCUT2D eigenvalue weighted by atomic mass is 9.82.